The van der Waals surface area contributed by atoms with E-state index < -0.39 is 12.1 Å². The molecular formula is C25H32BrFN2O3. The SMILES string of the molecule is CCCC[C@H](F)C(=O)O[C@H]1CC[C@H](COc2ccc(-c3ncc(CC)cn3)cc2Br)CC1. The van der Waals surface area contributed by atoms with Gasteiger partial charge in [0.2, 0.25) is 0 Å². The van der Waals surface area contributed by atoms with E-state index in [-0.39, 0.29) is 12.5 Å². The molecule has 0 aliphatic heterocycles. The molecule has 32 heavy (non-hydrogen) atoms. The first-order valence-corrected chi connectivity index (χ1v) is 12.4. The fourth-order valence-corrected chi connectivity index (χ4v) is 4.30. The number of hydrogen-bond donors (Lipinski definition) is 0. The molecule has 1 aliphatic carbocycles. The van der Waals surface area contributed by atoms with Crippen LogP contribution in [0.2, 0.25) is 0 Å². The molecule has 1 fully saturated rings. The van der Waals surface area contributed by atoms with Gasteiger partial charge < -0.3 is 9.47 Å². The lowest BCUT2D eigenvalue weighted by atomic mass is 9.88. The lowest BCUT2D eigenvalue weighted by Crippen LogP contribution is -2.30. The van der Waals surface area contributed by atoms with Gasteiger partial charge in [-0.25, -0.2) is 19.2 Å². The van der Waals surface area contributed by atoms with Crippen LogP contribution in [-0.2, 0) is 16.0 Å². The monoisotopic (exact) mass is 506 g/mol. The Morgan fingerprint density at radius 1 is 1.19 bits per heavy atom. The first-order chi connectivity index (χ1) is 15.5. The zero-order valence-corrected chi connectivity index (χ0v) is 20.4. The number of hydrogen-bond acceptors (Lipinski definition) is 5. The lowest BCUT2D eigenvalue weighted by molar-refractivity contribution is -0.157. The number of ether oxygens (including phenoxy) is 2. The maximum atomic E-state index is 13.8. The molecular weight excluding hydrogens is 475 g/mol. The minimum atomic E-state index is -1.49. The highest BCUT2D eigenvalue weighted by atomic mass is 79.9. The number of carbonyl (C=O) groups excluding carboxylic acids is 1. The molecule has 1 saturated carbocycles. The van der Waals surface area contributed by atoms with E-state index in [4.69, 9.17) is 9.47 Å². The van der Waals surface area contributed by atoms with Crippen LogP contribution in [0.4, 0.5) is 4.39 Å². The van der Waals surface area contributed by atoms with Crippen molar-refractivity contribution in [2.24, 2.45) is 5.92 Å². The molecule has 1 heterocycles. The second-order valence-electron chi connectivity index (χ2n) is 8.41. The van der Waals surface area contributed by atoms with Gasteiger partial charge in [0.25, 0.3) is 0 Å². The van der Waals surface area contributed by atoms with Crippen LogP contribution in [0, 0.1) is 5.92 Å². The third-order valence-corrected chi connectivity index (χ3v) is 6.54. The number of aryl methyl sites for hydroxylation is 1. The Morgan fingerprint density at radius 2 is 1.91 bits per heavy atom. The molecule has 0 radical (unpaired) electrons. The zero-order chi connectivity index (χ0) is 22.9. The van der Waals surface area contributed by atoms with Gasteiger partial charge in [0.15, 0.2) is 12.0 Å². The number of alkyl halides is 1. The molecule has 0 unspecified atom stereocenters. The maximum absolute atomic E-state index is 13.8. The van der Waals surface area contributed by atoms with Gasteiger partial charge in [0.05, 0.1) is 11.1 Å². The number of halogens is 2. The lowest BCUT2D eigenvalue weighted by Gasteiger charge is -2.28. The highest BCUT2D eigenvalue weighted by molar-refractivity contribution is 9.10. The molecule has 1 aromatic heterocycles. The summed E-state index contributed by atoms with van der Waals surface area (Å²) in [6, 6.07) is 5.86. The molecule has 5 nitrogen and oxygen atoms in total. The second kappa shape index (κ2) is 12.3. The van der Waals surface area contributed by atoms with Crippen molar-refractivity contribution in [1.29, 1.82) is 0 Å². The molecule has 0 spiro atoms. The van der Waals surface area contributed by atoms with E-state index in [9.17, 15) is 9.18 Å². The molecule has 3 rings (SSSR count). The van der Waals surface area contributed by atoms with Gasteiger partial charge in [-0.1, -0.05) is 26.7 Å². The standard InChI is InChI=1S/C25H32BrFN2O3/c1-3-5-6-22(27)25(30)32-20-10-7-18(8-11-20)16-31-23-12-9-19(13-21(23)26)24-28-14-17(4-2)15-29-24/h9,12-15,18,20,22H,3-8,10-11,16H2,1-2H3/t18-,20-,22-/m0/s1. The van der Waals surface area contributed by atoms with Crippen molar-refractivity contribution in [1.82, 2.24) is 9.97 Å². The Labute approximate surface area is 198 Å². The quantitative estimate of drug-likeness (QED) is 0.345. The van der Waals surface area contributed by atoms with Crippen molar-refractivity contribution in [3.63, 3.8) is 0 Å². The number of benzene rings is 1. The number of esters is 1. The van der Waals surface area contributed by atoms with Crippen molar-refractivity contribution in [2.45, 2.75) is 77.5 Å². The van der Waals surface area contributed by atoms with Gasteiger partial charge in [-0.05, 0) is 84.1 Å². The molecule has 0 bridgehead atoms. The first-order valence-electron chi connectivity index (χ1n) is 11.6. The summed E-state index contributed by atoms with van der Waals surface area (Å²) in [7, 11) is 0. The third-order valence-electron chi connectivity index (χ3n) is 5.92. The van der Waals surface area contributed by atoms with Crippen molar-refractivity contribution < 1.29 is 18.7 Å². The van der Waals surface area contributed by atoms with Crippen LogP contribution in [0.1, 0.15) is 64.4 Å². The maximum Gasteiger partial charge on any atom is 0.340 e. The Morgan fingerprint density at radius 3 is 2.53 bits per heavy atom. The summed E-state index contributed by atoms with van der Waals surface area (Å²) in [5, 5.41) is 0. The summed E-state index contributed by atoms with van der Waals surface area (Å²) in [4.78, 5) is 20.7. The van der Waals surface area contributed by atoms with E-state index in [1.807, 2.05) is 37.5 Å². The van der Waals surface area contributed by atoms with Crippen molar-refractivity contribution in [3.05, 3.63) is 40.6 Å². The Hall–Kier alpha value is -2.02. The number of carbonyl (C=O) groups is 1. The van der Waals surface area contributed by atoms with E-state index >= 15 is 0 Å². The van der Waals surface area contributed by atoms with Gasteiger partial charge >= 0.3 is 5.97 Å². The average Bonchev–Trinajstić information content (AvgIpc) is 2.82. The van der Waals surface area contributed by atoms with Gasteiger partial charge in [-0.2, -0.15) is 0 Å². The van der Waals surface area contributed by atoms with E-state index in [1.165, 1.54) is 0 Å². The van der Waals surface area contributed by atoms with Crippen LogP contribution in [0.3, 0.4) is 0 Å². The molecule has 1 aliphatic rings. The zero-order valence-electron chi connectivity index (χ0n) is 18.9. The first kappa shape index (κ1) is 24.6. The summed E-state index contributed by atoms with van der Waals surface area (Å²) < 4.78 is 26.1. The normalized spacial score (nSPS) is 19.4. The van der Waals surface area contributed by atoms with E-state index in [0.717, 1.165) is 59.9 Å². The van der Waals surface area contributed by atoms with E-state index in [1.54, 1.807) is 0 Å². The van der Waals surface area contributed by atoms with Crippen LogP contribution < -0.4 is 4.74 Å². The minimum Gasteiger partial charge on any atom is -0.492 e. The highest BCUT2D eigenvalue weighted by Gasteiger charge is 2.27. The Bertz CT molecular complexity index is 870. The summed E-state index contributed by atoms with van der Waals surface area (Å²) in [5.74, 6) is 1.16. The number of nitrogens with zero attached hydrogens (tertiary/aromatic N) is 2. The predicted molar refractivity (Wildman–Crippen MR) is 126 cm³/mol. The topological polar surface area (TPSA) is 61.3 Å². The average molecular weight is 507 g/mol. The second-order valence-corrected chi connectivity index (χ2v) is 9.27. The van der Waals surface area contributed by atoms with Gasteiger partial charge in [0.1, 0.15) is 11.9 Å². The van der Waals surface area contributed by atoms with Gasteiger partial charge in [-0.3, -0.25) is 0 Å². The van der Waals surface area contributed by atoms with Gasteiger partial charge in [-0.15, -0.1) is 0 Å². The van der Waals surface area contributed by atoms with E-state index in [0.29, 0.717) is 24.8 Å². The summed E-state index contributed by atoms with van der Waals surface area (Å²) in [6.45, 7) is 4.66. The van der Waals surface area contributed by atoms with Crippen LogP contribution in [0.25, 0.3) is 11.4 Å². The fourth-order valence-electron chi connectivity index (χ4n) is 3.81. The largest absolute Gasteiger partial charge is 0.492 e. The summed E-state index contributed by atoms with van der Waals surface area (Å²) in [5.41, 5.74) is 2.04. The minimum absolute atomic E-state index is 0.177. The van der Waals surface area contributed by atoms with Crippen LogP contribution >= 0.6 is 15.9 Å². The molecule has 1 aromatic carbocycles. The van der Waals surface area contributed by atoms with Crippen LogP contribution in [0.15, 0.2) is 35.1 Å². The Kier molecular flexibility index (Phi) is 9.45. The fraction of sp³-hybridized carbons (Fsp3) is 0.560. The molecule has 0 saturated heterocycles. The molecule has 0 amide bonds. The number of rotatable bonds is 10. The summed E-state index contributed by atoms with van der Waals surface area (Å²) in [6.07, 6.45) is 8.09. The van der Waals surface area contributed by atoms with Crippen LogP contribution in [0.5, 0.6) is 5.75 Å². The summed E-state index contributed by atoms with van der Waals surface area (Å²) >= 11 is 3.59. The molecule has 0 N–H and O–H groups in total. The van der Waals surface area contributed by atoms with Crippen LogP contribution in [-0.4, -0.2) is 34.8 Å². The highest BCUT2D eigenvalue weighted by Crippen LogP contribution is 2.32. The molecule has 1 atom stereocenters. The molecule has 174 valence electrons. The smallest absolute Gasteiger partial charge is 0.340 e. The number of aromatic nitrogens is 2. The molecule has 2 aromatic rings. The Balaban J connectivity index is 1.45. The molecule has 7 heteroatoms. The van der Waals surface area contributed by atoms with Crippen molar-refractivity contribution in [2.75, 3.05) is 6.61 Å². The van der Waals surface area contributed by atoms with E-state index in [2.05, 4.69) is 32.8 Å². The predicted octanol–water partition coefficient (Wildman–Crippen LogP) is 6.48. The third kappa shape index (κ3) is 6.99. The van der Waals surface area contributed by atoms with Crippen molar-refractivity contribution in [3.8, 4) is 17.1 Å². The van der Waals surface area contributed by atoms with Crippen molar-refractivity contribution >= 4 is 21.9 Å². The number of unbranched alkanes of at least 4 members (excludes halogenated alkanes) is 1. The van der Waals surface area contributed by atoms with Gasteiger partial charge in [0, 0.05) is 18.0 Å².